The van der Waals surface area contributed by atoms with Gasteiger partial charge in [0, 0.05) is 12.8 Å². The third-order valence-electron chi connectivity index (χ3n) is 2.98. The van der Waals surface area contributed by atoms with E-state index in [0.717, 1.165) is 24.3 Å². The molecular weight excluding hydrogens is 240 g/mol. The topological polar surface area (TPSA) is 18.5 Å². The van der Waals surface area contributed by atoms with E-state index in [2.05, 4.69) is 6.07 Å². The standard InChI is InChI=1S/C12H13O2.Cu/c1-4-8-12(9-5-1)13-10-6-2-3-7-11(10)14-12;/h2-3,6H,1,4-5,8-9H2;/q-1;+1. The number of fused-ring (bicyclic) bond motifs is 1. The van der Waals surface area contributed by atoms with Crippen LogP contribution in [0.5, 0.6) is 11.5 Å². The molecule has 0 N–H and O–H groups in total. The van der Waals surface area contributed by atoms with Crippen LogP contribution in [0.2, 0.25) is 0 Å². The van der Waals surface area contributed by atoms with Crippen LogP contribution in [0.15, 0.2) is 18.2 Å². The first-order valence-electron chi connectivity index (χ1n) is 5.27. The summed E-state index contributed by atoms with van der Waals surface area (Å²) < 4.78 is 11.7. The molecule has 1 heterocycles. The van der Waals surface area contributed by atoms with Gasteiger partial charge in [0.15, 0.2) is 0 Å². The van der Waals surface area contributed by atoms with Crippen molar-refractivity contribution in [2.75, 3.05) is 0 Å². The Morgan fingerprint density at radius 2 is 1.93 bits per heavy atom. The van der Waals surface area contributed by atoms with Crippen molar-refractivity contribution in [1.82, 2.24) is 0 Å². The summed E-state index contributed by atoms with van der Waals surface area (Å²) in [4.78, 5) is 0. The first kappa shape index (κ1) is 10.8. The molecule has 0 aromatic heterocycles. The Bertz CT molecular complexity index is 318. The van der Waals surface area contributed by atoms with Gasteiger partial charge in [-0.1, -0.05) is 6.42 Å². The summed E-state index contributed by atoms with van der Waals surface area (Å²) in [5.74, 6) is 1.29. The molecule has 3 heteroatoms. The Kier molecular flexibility index (Phi) is 2.94. The van der Waals surface area contributed by atoms with E-state index < -0.39 is 0 Å². The van der Waals surface area contributed by atoms with Crippen molar-refractivity contribution in [2.45, 2.75) is 37.9 Å². The molecule has 1 aliphatic heterocycles. The quantitative estimate of drug-likeness (QED) is 0.522. The molecule has 1 spiro atoms. The molecule has 84 valence electrons. The van der Waals surface area contributed by atoms with E-state index >= 15 is 0 Å². The van der Waals surface area contributed by atoms with Crippen LogP contribution >= 0.6 is 0 Å². The third kappa shape index (κ3) is 1.86. The van der Waals surface area contributed by atoms with Gasteiger partial charge in [0.2, 0.25) is 5.79 Å². The van der Waals surface area contributed by atoms with Crippen LogP contribution in [0.1, 0.15) is 32.1 Å². The van der Waals surface area contributed by atoms with Crippen LogP contribution in [-0.2, 0) is 17.1 Å². The SMILES string of the molecule is [Cu+].[c-]1cccc2c1OC1(CCCCC1)O2. The summed E-state index contributed by atoms with van der Waals surface area (Å²) in [5, 5.41) is 0. The number of ether oxygens (including phenoxy) is 2. The van der Waals surface area contributed by atoms with Crippen molar-refractivity contribution in [3.8, 4) is 11.5 Å². The second-order valence-electron chi connectivity index (χ2n) is 4.04. The monoisotopic (exact) mass is 252 g/mol. The molecule has 1 fully saturated rings. The van der Waals surface area contributed by atoms with E-state index in [1.165, 1.54) is 19.3 Å². The van der Waals surface area contributed by atoms with Gasteiger partial charge in [-0.25, -0.2) is 0 Å². The second kappa shape index (κ2) is 4.07. The van der Waals surface area contributed by atoms with Crippen molar-refractivity contribution in [1.29, 1.82) is 0 Å². The van der Waals surface area contributed by atoms with Crippen LogP contribution in [0.4, 0.5) is 0 Å². The van der Waals surface area contributed by atoms with Crippen LogP contribution in [0.3, 0.4) is 0 Å². The van der Waals surface area contributed by atoms with Gasteiger partial charge < -0.3 is 9.47 Å². The summed E-state index contributed by atoms with van der Waals surface area (Å²) in [6.45, 7) is 0. The third-order valence-corrected chi connectivity index (χ3v) is 2.98. The first-order valence-corrected chi connectivity index (χ1v) is 5.27. The number of hydrogen-bond acceptors (Lipinski definition) is 2. The molecule has 0 atom stereocenters. The van der Waals surface area contributed by atoms with Gasteiger partial charge in [0.25, 0.3) is 0 Å². The summed E-state index contributed by atoms with van der Waals surface area (Å²) in [6, 6.07) is 8.83. The average Bonchev–Trinajstić information content (AvgIpc) is 2.56. The van der Waals surface area contributed by atoms with Crippen molar-refractivity contribution in [3.05, 3.63) is 24.3 Å². The Balaban J connectivity index is 0.000000853. The first-order chi connectivity index (χ1) is 6.88. The van der Waals surface area contributed by atoms with E-state index in [9.17, 15) is 0 Å². The van der Waals surface area contributed by atoms with Crippen molar-refractivity contribution in [3.63, 3.8) is 0 Å². The van der Waals surface area contributed by atoms with Crippen molar-refractivity contribution >= 4 is 0 Å². The summed E-state index contributed by atoms with van der Waals surface area (Å²) in [7, 11) is 0. The summed E-state index contributed by atoms with van der Waals surface area (Å²) in [6.07, 6.45) is 5.72. The van der Waals surface area contributed by atoms with E-state index in [1.807, 2.05) is 18.2 Å². The maximum Gasteiger partial charge on any atom is 1.00 e. The van der Waals surface area contributed by atoms with Gasteiger partial charge >= 0.3 is 17.1 Å². The van der Waals surface area contributed by atoms with Crippen molar-refractivity contribution < 1.29 is 26.5 Å². The summed E-state index contributed by atoms with van der Waals surface area (Å²) in [5.41, 5.74) is 0. The van der Waals surface area contributed by atoms with E-state index in [1.54, 1.807) is 0 Å². The number of para-hydroxylation sites is 1. The largest absolute Gasteiger partial charge is 1.00 e. The zero-order valence-electron chi connectivity index (χ0n) is 8.39. The predicted octanol–water partition coefficient (Wildman–Crippen LogP) is 2.92. The maximum absolute atomic E-state index is 5.88. The Hall–Kier alpha value is -0.661. The maximum atomic E-state index is 5.88. The van der Waals surface area contributed by atoms with Crippen LogP contribution in [0, 0.1) is 6.07 Å². The molecule has 0 bridgehead atoms. The van der Waals surface area contributed by atoms with E-state index in [0.29, 0.717) is 0 Å². The zero-order valence-corrected chi connectivity index (χ0v) is 9.33. The minimum Gasteiger partial charge on any atom is -0.511 e. The molecule has 1 aromatic carbocycles. The number of hydrogen-bond donors (Lipinski definition) is 0. The molecule has 0 saturated heterocycles. The van der Waals surface area contributed by atoms with E-state index in [-0.39, 0.29) is 22.9 Å². The fraction of sp³-hybridized carbons (Fsp3) is 0.500. The minimum absolute atomic E-state index is 0. The molecule has 1 aliphatic carbocycles. The fourth-order valence-electron chi connectivity index (χ4n) is 2.27. The molecule has 0 unspecified atom stereocenters. The minimum atomic E-state index is -0.349. The fourth-order valence-corrected chi connectivity index (χ4v) is 2.27. The molecule has 2 aliphatic rings. The predicted molar refractivity (Wildman–Crippen MR) is 52.4 cm³/mol. The van der Waals surface area contributed by atoms with Gasteiger partial charge in [0.1, 0.15) is 0 Å². The Morgan fingerprint density at radius 3 is 2.67 bits per heavy atom. The molecule has 3 rings (SSSR count). The Labute approximate surface area is 100 Å². The normalized spacial score (nSPS) is 21.1. The van der Waals surface area contributed by atoms with Crippen LogP contribution in [-0.4, -0.2) is 5.79 Å². The van der Waals surface area contributed by atoms with Crippen LogP contribution < -0.4 is 9.47 Å². The van der Waals surface area contributed by atoms with Crippen molar-refractivity contribution in [2.24, 2.45) is 0 Å². The van der Waals surface area contributed by atoms with E-state index in [4.69, 9.17) is 9.47 Å². The summed E-state index contributed by atoms with van der Waals surface area (Å²) >= 11 is 0. The second-order valence-corrected chi connectivity index (χ2v) is 4.04. The molecular formula is C12H13CuO2. The van der Waals surface area contributed by atoms with Gasteiger partial charge in [-0.2, -0.15) is 12.1 Å². The van der Waals surface area contributed by atoms with Crippen LogP contribution in [0.25, 0.3) is 0 Å². The van der Waals surface area contributed by atoms with Gasteiger partial charge in [0.05, 0.1) is 11.5 Å². The molecule has 0 amide bonds. The van der Waals surface area contributed by atoms with Gasteiger partial charge in [-0.05, 0) is 12.8 Å². The molecule has 1 saturated carbocycles. The smallest absolute Gasteiger partial charge is 0.511 e. The molecule has 15 heavy (non-hydrogen) atoms. The molecule has 1 aromatic rings. The number of benzene rings is 1. The zero-order chi connectivity index (χ0) is 9.43. The average molecular weight is 253 g/mol. The molecule has 2 nitrogen and oxygen atoms in total. The van der Waals surface area contributed by atoms with Gasteiger partial charge in [-0.15, -0.1) is 12.1 Å². The van der Waals surface area contributed by atoms with Gasteiger partial charge in [-0.3, -0.25) is 0 Å². The molecule has 0 radical (unpaired) electrons. The number of rotatable bonds is 0. The Morgan fingerprint density at radius 1 is 1.13 bits per heavy atom.